The van der Waals surface area contributed by atoms with Crippen LogP contribution in [0.4, 0.5) is 0 Å². The Kier molecular flexibility index (Phi) is 6.53. The Balaban J connectivity index is 1.62. The quantitative estimate of drug-likeness (QED) is 0.379. The van der Waals surface area contributed by atoms with E-state index in [2.05, 4.69) is 58.0 Å². The van der Waals surface area contributed by atoms with E-state index in [1.165, 1.54) is 18.0 Å². The molecule has 4 N–H and O–H groups in total. The van der Waals surface area contributed by atoms with Crippen molar-refractivity contribution in [1.29, 1.82) is 10.8 Å². The van der Waals surface area contributed by atoms with Crippen molar-refractivity contribution in [1.82, 2.24) is 19.9 Å². The summed E-state index contributed by atoms with van der Waals surface area (Å²) in [6.07, 6.45) is 10.2. The molecule has 2 aromatic heterocycles. The fraction of sp³-hybridized carbons (Fsp3) is 0.364. The first-order valence-corrected chi connectivity index (χ1v) is 9.87. The molecule has 2 atom stereocenters. The third kappa shape index (κ3) is 4.44. The Hall–Kier alpha value is -3.02. The highest BCUT2D eigenvalue weighted by Gasteiger charge is 2.12. The van der Waals surface area contributed by atoms with Crippen LogP contribution >= 0.6 is 0 Å². The highest BCUT2D eigenvalue weighted by molar-refractivity contribution is 5.65. The molecule has 0 fully saturated rings. The lowest BCUT2D eigenvalue weighted by Crippen LogP contribution is -2.00. The van der Waals surface area contributed by atoms with Gasteiger partial charge in [0.15, 0.2) is 0 Å². The van der Waals surface area contributed by atoms with Crippen molar-refractivity contribution in [3.8, 4) is 11.3 Å². The molecule has 0 radical (unpaired) electrons. The molecule has 3 aromatic rings. The summed E-state index contributed by atoms with van der Waals surface area (Å²) in [6.45, 7) is 4.12. The lowest BCUT2D eigenvalue weighted by Gasteiger charge is -2.05. The van der Waals surface area contributed by atoms with Crippen LogP contribution in [0.1, 0.15) is 61.4 Å². The zero-order valence-electron chi connectivity index (χ0n) is 16.5. The number of hydrogen-bond acceptors (Lipinski definition) is 4. The van der Waals surface area contributed by atoms with Gasteiger partial charge < -0.3 is 20.8 Å². The van der Waals surface area contributed by atoms with Gasteiger partial charge in [-0.15, -0.1) is 0 Å². The molecule has 0 spiro atoms. The zero-order valence-corrected chi connectivity index (χ0v) is 16.5. The molecule has 146 valence electrons. The molecule has 1 aromatic carbocycles. The van der Waals surface area contributed by atoms with Gasteiger partial charge in [0, 0.05) is 24.3 Å². The number of aryl methyl sites for hydroxylation is 2. The smallest absolute Gasteiger partial charge is 0.114 e. The summed E-state index contributed by atoms with van der Waals surface area (Å²) in [4.78, 5) is 15.5. The van der Waals surface area contributed by atoms with Gasteiger partial charge in [-0.2, -0.15) is 0 Å². The van der Waals surface area contributed by atoms with Crippen LogP contribution in [0.5, 0.6) is 0 Å². The van der Waals surface area contributed by atoms with Gasteiger partial charge in [-0.05, 0) is 36.8 Å². The van der Waals surface area contributed by atoms with Crippen molar-refractivity contribution in [3.05, 3.63) is 59.6 Å². The second kappa shape index (κ2) is 9.26. The molecule has 0 saturated carbocycles. The Morgan fingerprint density at radius 3 is 2.07 bits per heavy atom. The number of benzene rings is 1. The van der Waals surface area contributed by atoms with Crippen LogP contribution in [0.3, 0.4) is 0 Å². The number of nitrogens with one attached hydrogen (secondary N) is 4. The molecule has 0 saturated heterocycles. The lowest BCUT2D eigenvalue weighted by atomic mass is 10.0. The molecule has 6 nitrogen and oxygen atoms in total. The van der Waals surface area contributed by atoms with Crippen molar-refractivity contribution >= 4 is 12.4 Å². The first-order chi connectivity index (χ1) is 13.7. The van der Waals surface area contributed by atoms with Crippen LogP contribution in [0.2, 0.25) is 0 Å². The molecule has 0 amide bonds. The van der Waals surface area contributed by atoms with Gasteiger partial charge in [-0.1, -0.05) is 38.1 Å². The first-order valence-electron chi connectivity index (χ1n) is 9.87. The molecule has 6 heteroatoms. The maximum atomic E-state index is 7.50. The van der Waals surface area contributed by atoms with E-state index in [1.54, 1.807) is 0 Å². The molecule has 0 aliphatic carbocycles. The first kappa shape index (κ1) is 19.7. The van der Waals surface area contributed by atoms with E-state index in [1.807, 2.05) is 12.4 Å². The lowest BCUT2D eigenvalue weighted by molar-refractivity contribution is 0.790. The minimum absolute atomic E-state index is 0.0484. The minimum Gasteiger partial charge on any atom is -0.345 e. The van der Waals surface area contributed by atoms with Gasteiger partial charge in [0.2, 0.25) is 0 Å². The molecule has 0 unspecified atom stereocenters. The molecule has 0 bridgehead atoms. The number of hydrogen-bond donors (Lipinski definition) is 4. The van der Waals surface area contributed by atoms with Crippen molar-refractivity contribution in [2.24, 2.45) is 0 Å². The van der Waals surface area contributed by atoms with Crippen LogP contribution in [0, 0.1) is 10.8 Å². The van der Waals surface area contributed by atoms with Crippen molar-refractivity contribution < 1.29 is 0 Å². The predicted octanol–water partition coefficient (Wildman–Crippen LogP) is 4.87. The topological polar surface area (TPSA) is 105 Å². The number of aromatic amines is 2. The monoisotopic (exact) mass is 376 g/mol. The van der Waals surface area contributed by atoms with E-state index >= 15 is 0 Å². The Labute approximate surface area is 165 Å². The van der Waals surface area contributed by atoms with Gasteiger partial charge >= 0.3 is 0 Å². The minimum atomic E-state index is 0.0484. The van der Waals surface area contributed by atoms with Crippen LogP contribution in [-0.2, 0) is 12.8 Å². The Morgan fingerprint density at radius 2 is 1.46 bits per heavy atom. The van der Waals surface area contributed by atoms with Gasteiger partial charge in [-0.25, -0.2) is 9.97 Å². The number of nitrogens with zero attached hydrogens (tertiary/aromatic N) is 2. The zero-order chi connectivity index (χ0) is 19.9. The number of aromatic nitrogens is 4. The average molecular weight is 377 g/mol. The second-order valence-electron chi connectivity index (χ2n) is 7.04. The summed E-state index contributed by atoms with van der Waals surface area (Å²) in [5, 5.41) is 15.0. The number of H-pyrrole nitrogens is 2. The van der Waals surface area contributed by atoms with E-state index in [4.69, 9.17) is 10.8 Å². The predicted molar refractivity (Wildman–Crippen MR) is 114 cm³/mol. The molecular weight excluding hydrogens is 348 g/mol. The SMILES string of the molecule is CC[C@@H](C=N)c1ncc(CCc2ccc(-c3cnc([C@H](C=N)CC)[nH]3)cc2)[nH]1. The molecule has 3 rings (SSSR count). The van der Waals surface area contributed by atoms with Crippen molar-refractivity contribution in [2.45, 2.75) is 51.4 Å². The molecule has 2 heterocycles. The van der Waals surface area contributed by atoms with Gasteiger partial charge in [0.05, 0.1) is 23.7 Å². The summed E-state index contributed by atoms with van der Waals surface area (Å²) in [6, 6.07) is 8.51. The van der Waals surface area contributed by atoms with Gasteiger partial charge in [-0.3, -0.25) is 0 Å². The summed E-state index contributed by atoms with van der Waals surface area (Å²) in [5.41, 5.74) is 4.46. The standard InChI is InChI=1S/C22H28N6/c1-3-16(11-23)21-25-13-19(27-21)10-7-15-5-8-18(9-6-15)20-14-26-22(28-20)17(4-2)12-24/h5-6,8-9,11-14,16-17,23-24H,3-4,7,10H2,1-2H3,(H,25,27)(H,26,28)/t16-,17-/m0/s1. The van der Waals surface area contributed by atoms with Gasteiger partial charge in [0.1, 0.15) is 11.6 Å². The van der Waals surface area contributed by atoms with E-state index < -0.39 is 0 Å². The molecular formula is C22H28N6. The van der Waals surface area contributed by atoms with Crippen molar-refractivity contribution in [3.63, 3.8) is 0 Å². The van der Waals surface area contributed by atoms with Crippen LogP contribution in [-0.4, -0.2) is 32.4 Å². The van der Waals surface area contributed by atoms with Crippen molar-refractivity contribution in [2.75, 3.05) is 0 Å². The maximum absolute atomic E-state index is 7.50. The van der Waals surface area contributed by atoms with Crippen LogP contribution < -0.4 is 0 Å². The largest absolute Gasteiger partial charge is 0.345 e. The summed E-state index contributed by atoms with van der Waals surface area (Å²) in [7, 11) is 0. The third-order valence-corrected chi connectivity index (χ3v) is 5.18. The Morgan fingerprint density at radius 1 is 0.857 bits per heavy atom. The van der Waals surface area contributed by atoms with E-state index in [-0.39, 0.29) is 11.8 Å². The summed E-state index contributed by atoms with van der Waals surface area (Å²) in [5.74, 6) is 1.86. The van der Waals surface area contributed by atoms with Crippen LogP contribution in [0.25, 0.3) is 11.3 Å². The normalized spacial score (nSPS) is 13.2. The van der Waals surface area contributed by atoms with E-state index in [0.29, 0.717) is 0 Å². The van der Waals surface area contributed by atoms with Gasteiger partial charge in [0.25, 0.3) is 0 Å². The second-order valence-corrected chi connectivity index (χ2v) is 7.04. The van der Waals surface area contributed by atoms with Crippen LogP contribution in [0.15, 0.2) is 36.7 Å². The molecule has 0 aliphatic heterocycles. The van der Waals surface area contributed by atoms with E-state index in [9.17, 15) is 0 Å². The summed E-state index contributed by atoms with van der Waals surface area (Å²) >= 11 is 0. The number of imidazole rings is 2. The highest BCUT2D eigenvalue weighted by atomic mass is 14.9. The average Bonchev–Trinajstić information content (AvgIpc) is 3.39. The highest BCUT2D eigenvalue weighted by Crippen LogP contribution is 2.22. The Bertz CT molecular complexity index is 905. The fourth-order valence-corrected chi connectivity index (χ4v) is 3.27. The third-order valence-electron chi connectivity index (χ3n) is 5.18. The molecule has 0 aliphatic rings. The number of rotatable bonds is 10. The van der Waals surface area contributed by atoms with E-state index in [0.717, 1.165) is 54.3 Å². The molecule has 28 heavy (non-hydrogen) atoms. The fourth-order valence-electron chi connectivity index (χ4n) is 3.27. The maximum Gasteiger partial charge on any atom is 0.114 e. The summed E-state index contributed by atoms with van der Waals surface area (Å²) < 4.78 is 0.